The van der Waals surface area contributed by atoms with Gasteiger partial charge in [-0.15, -0.1) is 0 Å². The number of aryl methyl sites for hydroxylation is 1. The third kappa shape index (κ3) is 7.85. The number of nitrogens with zero attached hydrogens (tertiary/aromatic N) is 4. The summed E-state index contributed by atoms with van der Waals surface area (Å²) in [6, 6.07) is 16.4. The third-order valence-corrected chi connectivity index (χ3v) is 11.7. The largest absolute Gasteiger partial charge is 0.495 e. The zero-order chi connectivity index (χ0) is 42.9. The molecule has 4 aliphatic rings. The van der Waals surface area contributed by atoms with Crippen LogP contribution in [0.3, 0.4) is 0 Å². The van der Waals surface area contributed by atoms with Gasteiger partial charge in [0, 0.05) is 55.7 Å². The second-order valence-corrected chi connectivity index (χ2v) is 15.6. The number of Topliss-reactive ketones (excluding diaryl/α,β-unsaturated/α-hetero) is 1. The number of carbonyl (C=O) groups is 6. The number of ketones is 1. The van der Waals surface area contributed by atoms with Gasteiger partial charge < -0.3 is 30.0 Å². The minimum Gasteiger partial charge on any atom is -0.495 e. The molecule has 3 aliphatic heterocycles. The maximum atomic E-state index is 13.4. The van der Waals surface area contributed by atoms with Crippen LogP contribution in [0.1, 0.15) is 97.5 Å². The van der Waals surface area contributed by atoms with Gasteiger partial charge in [-0.1, -0.05) is 30.0 Å². The molecule has 16 heteroatoms. The van der Waals surface area contributed by atoms with E-state index >= 15 is 0 Å². The van der Waals surface area contributed by atoms with Gasteiger partial charge in [-0.2, -0.15) is 9.97 Å². The molecule has 5 amide bonds. The van der Waals surface area contributed by atoms with E-state index in [0.29, 0.717) is 64.2 Å². The number of aromatic nitrogens is 3. The fourth-order valence-electron chi connectivity index (χ4n) is 8.50. The zero-order valence-corrected chi connectivity index (χ0v) is 33.8. The van der Waals surface area contributed by atoms with Crippen molar-refractivity contribution in [3.05, 3.63) is 100 Å². The third-order valence-electron chi connectivity index (χ3n) is 11.7. The molecule has 0 spiro atoms. The van der Waals surface area contributed by atoms with Crippen molar-refractivity contribution < 1.29 is 38.2 Å². The molecular formula is C46H42N8O8. The summed E-state index contributed by atoms with van der Waals surface area (Å²) in [6.07, 6.45) is 5.96. The summed E-state index contributed by atoms with van der Waals surface area (Å²) in [7, 11) is 1.52. The van der Waals surface area contributed by atoms with Crippen LogP contribution in [-0.2, 0) is 16.0 Å². The monoisotopic (exact) mass is 834 g/mol. The Labute approximate surface area is 355 Å². The van der Waals surface area contributed by atoms with E-state index in [9.17, 15) is 28.8 Å². The Kier molecular flexibility index (Phi) is 10.9. The first kappa shape index (κ1) is 40.0. The number of hydrogen-bond donors (Lipinski definition) is 4. The Morgan fingerprint density at radius 1 is 0.903 bits per heavy atom. The maximum absolute atomic E-state index is 13.4. The molecule has 2 saturated heterocycles. The molecule has 0 bridgehead atoms. The SMILES string of the molecule is COc1cc(C(=O)NC2CCN(CCCC#Cc3cccc4c3C(=O)N(C3CCC(=O)NC3=O)C4=O)CC2)ccc1Nc1nc(Oc2cccc3c2C(=O)CC3)c2cc[nH]c2n1. The highest BCUT2D eigenvalue weighted by Crippen LogP contribution is 2.37. The van der Waals surface area contributed by atoms with Gasteiger partial charge in [0.2, 0.25) is 23.6 Å². The molecule has 9 rings (SSSR count). The summed E-state index contributed by atoms with van der Waals surface area (Å²) in [6.45, 7) is 2.43. The van der Waals surface area contributed by atoms with Crippen molar-refractivity contribution in [3.8, 4) is 29.2 Å². The second kappa shape index (κ2) is 16.9. The number of likely N-dealkylation sites (tertiary alicyclic amines) is 1. The van der Waals surface area contributed by atoms with E-state index in [2.05, 4.69) is 47.6 Å². The Hall–Kier alpha value is -7.38. The number of unbranched alkanes of at least 4 members (excludes halogenated alkanes) is 1. The van der Waals surface area contributed by atoms with Crippen LogP contribution < -0.4 is 25.4 Å². The molecule has 2 aromatic heterocycles. The lowest BCUT2D eigenvalue weighted by molar-refractivity contribution is -0.136. The van der Waals surface area contributed by atoms with E-state index < -0.39 is 29.7 Å². The fraction of sp³-hybridized carbons (Fsp3) is 0.304. The zero-order valence-electron chi connectivity index (χ0n) is 33.8. The van der Waals surface area contributed by atoms with Crippen LogP contribution in [0.2, 0.25) is 0 Å². The number of hydrogen-bond acceptors (Lipinski definition) is 12. The number of benzene rings is 3. The molecule has 2 fully saturated rings. The van der Waals surface area contributed by atoms with Crippen molar-refractivity contribution in [1.82, 2.24) is 35.4 Å². The minimum absolute atomic E-state index is 0.00276. The summed E-state index contributed by atoms with van der Waals surface area (Å²) >= 11 is 0. The number of imide groups is 2. The van der Waals surface area contributed by atoms with Gasteiger partial charge >= 0.3 is 0 Å². The smallest absolute Gasteiger partial charge is 0.263 e. The molecule has 5 aromatic rings. The lowest BCUT2D eigenvalue weighted by atomic mass is 10.0. The second-order valence-electron chi connectivity index (χ2n) is 15.6. The lowest BCUT2D eigenvalue weighted by Gasteiger charge is -2.32. The van der Waals surface area contributed by atoms with E-state index in [1.54, 1.807) is 48.7 Å². The predicted molar refractivity (Wildman–Crippen MR) is 225 cm³/mol. The van der Waals surface area contributed by atoms with Gasteiger partial charge in [0.05, 0.1) is 34.9 Å². The van der Waals surface area contributed by atoms with Crippen LogP contribution in [-0.4, -0.2) is 98.9 Å². The average molecular weight is 835 g/mol. The van der Waals surface area contributed by atoms with Gasteiger partial charge in [-0.05, 0) is 86.7 Å². The predicted octanol–water partition coefficient (Wildman–Crippen LogP) is 5.06. The van der Waals surface area contributed by atoms with Gasteiger partial charge in [0.15, 0.2) is 5.78 Å². The standard InChI is InChI=1S/C46H42N8O8/c1-61-36-25-28(12-14-32(36)49-46-51-40-31(18-21-47-40)43(52-46)62-35-11-6-9-27-13-16-34(55)39(27)35)41(57)48-29-19-23-53(24-20-29)22-4-2-3-7-26-8-5-10-30-38(26)45(60)54(44(30)59)33-15-17-37(56)50-42(33)58/h5-6,8-12,14,18,21,25,29,33H,2,4,13,15-17,19-20,22-24H2,1H3,(H,48,57)(H,50,56,58)(H2,47,49,51,52). The van der Waals surface area contributed by atoms with Crippen LogP contribution in [0.15, 0.2) is 66.9 Å². The molecule has 4 N–H and O–H groups in total. The van der Waals surface area contributed by atoms with Crippen LogP contribution in [0.5, 0.6) is 17.4 Å². The first-order valence-corrected chi connectivity index (χ1v) is 20.6. The van der Waals surface area contributed by atoms with Crippen molar-refractivity contribution >= 4 is 58.0 Å². The summed E-state index contributed by atoms with van der Waals surface area (Å²) in [4.78, 5) is 92.2. The number of ether oxygens (including phenoxy) is 2. The molecule has 0 radical (unpaired) electrons. The average Bonchev–Trinajstić information content (AvgIpc) is 3.98. The van der Waals surface area contributed by atoms with Crippen LogP contribution in [0.4, 0.5) is 11.6 Å². The van der Waals surface area contributed by atoms with Crippen molar-refractivity contribution in [2.75, 3.05) is 32.1 Å². The molecule has 1 atom stereocenters. The van der Waals surface area contributed by atoms with Gasteiger partial charge in [-0.25, -0.2) is 0 Å². The van der Waals surface area contributed by atoms with Gasteiger partial charge in [0.25, 0.3) is 17.7 Å². The molecule has 5 heterocycles. The Bertz CT molecular complexity index is 2740. The molecule has 0 saturated carbocycles. The Balaban J connectivity index is 0.766. The van der Waals surface area contributed by atoms with E-state index in [1.165, 1.54) is 7.11 Å². The first-order chi connectivity index (χ1) is 30.1. The summed E-state index contributed by atoms with van der Waals surface area (Å²) in [5, 5.41) is 9.24. The number of methoxy groups -OCH3 is 1. The molecule has 1 aliphatic carbocycles. The highest BCUT2D eigenvalue weighted by Gasteiger charge is 2.45. The van der Waals surface area contributed by atoms with Crippen LogP contribution in [0.25, 0.3) is 11.0 Å². The number of carbonyl (C=O) groups excluding carboxylic acids is 6. The number of nitrogens with one attached hydrogen (secondary N) is 4. The van der Waals surface area contributed by atoms with E-state index in [0.717, 1.165) is 49.4 Å². The van der Waals surface area contributed by atoms with Crippen molar-refractivity contribution in [3.63, 3.8) is 0 Å². The van der Waals surface area contributed by atoms with Crippen molar-refractivity contribution in [2.45, 2.75) is 63.5 Å². The number of rotatable bonds is 11. The summed E-state index contributed by atoms with van der Waals surface area (Å²) in [5.74, 6) is 5.23. The fourth-order valence-corrected chi connectivity index (χ4v) is 8.50. The molecular weight excluding hydrogens is 793 g/mol. The Morgan fingerprint density at radius 3 is 2.56 bits per heavy atom. The van der Waals surface area contributed by atoms with Crippen LogP contribution >= 0.6 is 0 Å². The van der Waals surface area contributed by atoms with E-state index in [4.69, 9.17) is 9.47 Å². The van der Waals surface area contributed by atoms with Crippen molar-refractivity contribution in [1.29, 1.82) is 0 Å². The van der Waals surface area contributed by atoms with Gasteiger partial charge in [-0.3, -0.25) is 39.0 Å². The lowest BCUT2D eigenvalue weighted by Crippen LogP contribution is -2.54. The van der Waals surface area contributed by atoms with Gasteiger partial charge in [0.1, 0.15) is 23.2 Å². The minimum atomic E-state index is -1.03. The highest BCUT2D eigenvalue weighted by molar-refractivity contribution is 6.24. The molecule has 62 heavy (non-hydrogen) atoms. The number of amides is 5. The van der Waals surface area contributed by atoms with E-state index in [1.807, 2.05) is 18.2 Å². The molecule has 16 nitrogen and oxygen atoms in total. The Morgan fingerprint density at radius 2 is 1.74 bits per heavy atom. The summed E-state index contributed by atoms with van der Waals surface area (Å²) in [5.41, 5.74) is 3.91. The molecule has 3 aromatic carbocycles. The first-order valence-electron chi connectivity index (χ1n) is 20.6. The number of H-pyrrole nitrogens is 1. The summed E-state index contributed by atoms with van der Waals surface area (Å²) < 4.78 is 11.9. The number of fused-ring (bicyclic) bond motifs is 3. The quantitative estimate of drug-likeness (QED) is 0.0784. The number of piperidine rings is 2. The maximum Gasteiger partial charge on any atom is 0.263 e. The van der Waals surface area contributed by atoms with E-state index in [-0.39, 0.29) is 53.5 Å². The highest BCUT2D eigenvalue weighted by atomic mass is 16.5. The normalized spacial score (nSPS) is 17.7. The topological polar surface area (TPSA) is 205 Å². The molecule has 314 valence electrons. The van der Waals surface area contributed by atoms with Crippen molar-refractivity contribution in [2.24, 2.45) is 0 Å². The van der Waals surface area contributed by atoms with Crippen LogP contribution in [0, 0.1) is 11.8 Å². The number of aromatic amines is 1. The number of anilines is 2. The molecule has 1 unspecified atom stereocenters.